The summed E-state index contributed by atoms with van der Waals surface area (Å²) < 4.78 is 0.814. The Bertz CT molecular complexity index is 647. The van der Waals surface area contributed by atoms with Crippen molar-refractivity contribution in [3.05, 3.63) is 34.7 Å². The minimum absolute atomic E-state index is 0.0883. The number of likely N-dealkylation sites (tertiary alicyclic amines) is 1. The summed E-state index contributed by atoms with van der Waals surface area (Å²) in [6.45, 7) is 0.990. The Morgan fingerprint density at radius 2 is 2.26 bits per heavy atom. The molecule has 1 amide bonds. The number of halogens is 1. The fourth-order valence-electron chi connectivity index (χ4n) is 2.24. The maximum Gasteiger partial charge on any atom is 0.255 e. The van der Waals surface area contributed by atoms with Gasteiger partial charge in [0.15, 0.2) is 0 Å². The van der Waals surface area contributed by atoms with Gasteiger partial charge in [0.2, 0.25) is 0 Å². The van der Waals surface area contributed by atoms with Crippen molar-refractivity contribution in [2.45, 2.75) is 12.5 Å². The molecule has 1 aliphatic rings. The van der Waals surface area contributed by atoms with Gasteiger partial charge in [-0.2, -0.15) is 0 Å². The van der Waals surface area contributed by atoms with Crippen LogP contribution in [0.3, 0.4) is 0 Å². The number of nitrogens with zero attached hydrogens (tertiary/aromatic N) is 3. The smallest absolute Gasteiger partial charge is 0.255 e. The van der Waals surface area contributed by atoms with Crippen LogP contribution in [-0.4, -0.2) is 45.1 Å². The fraction of sp³-hybridized carbons (Fsp3) is 0.308. The monoisotopic (exact) mass is 321 g/mol. The first-order valence-corrected chi connectivity index (χ1v) is 6.81. The van der Waals surface area contributed by atoms with Crippen LogP contribution in [0.5, 0.6) is 0 Å². The average Bonchev–Trinajstić information content (AvgIpc) is 2.85. The Labute approximate surface area is 118 Å². The van der Waals surface area contributed by atoms with E-state index < -0.39 is 6.10 Å². The lowest BCUT2D eigenvalue weighted by atomic mass is 10.2. The van der Waals surface area contributed by atoms with E-state index in [1.165, 1.54) is 0 Å². The molecule has 19 heavy (non-hydrogen) atoms. The van der Waals surface area contributed by atoms with Gasteiger partial charge in [-0.3, -0.25) is 14.8 Å². The van der Waals surface area contributed by atoms with Gasteiger partial charge in [0.25, 0.3) is 5.91 Å². The molecule has 1 unspecified atom stereocenters. The third-order valence-corrected chi connectivity index (χ3v) is 3.89. The summed E-state index contributed by atoms with van der Waals surface area (Å²) >= 11 is 3.41. The molecule has 2 aromatic heterocycles. The molecule has 0 aliphatic carbocycles. The highest BCUT2D eigenvalue weighted by Crippen LogP contribution is 2.23. The van der Waals surface area contributed by atoms with E-state index in [9.17, 15) is 9.90 Å². The molecule has 0 saturated carbocycles. The van der Waals surface area contributed by atoms with E-state index in [1.807, 2.05) is 0 Å². The Hall–Kier alpha value is -1.53. The zero-order valence-electron chi connectivity index (χ0n) is 10.1. The molecule has 1 aliphatic heterocycles. The number of β-amino-alcohol motifs (C(OH)–C–C–N with tert-alkyl or cyclic N) is 1. The largest absolute Gasteiger partial charge is 0.391 e. The SMILES string of the molecule is O=C(c1cnc2cncc(Br)c2c1)N1CCC(O)C1. The molecule has 0 bridgehead atoms. The third kappa shape index (κ3) is 2.33. The number of hydrogen-bond acceptors (Lipinski definition) is 4. The van der Waals surface area contributed by atoms with Gasteiger partial charge in [-0.05, 0) is 28.4 Å². The number of rotatable bonds is 1. The van der Waals surface area contributed by atoms with Crippen molar-refractivity contribution in [3.8, 4) is 0 Å². The second-order valence-electron chi connectivity index (χ2n) is 4.61. The maximum absolute atomic E-state index is 12.3. The van der Waals surface area contributed by atoms with Gasteiger partial charge < -0.3 is 10.0 Å². The molecule has 0 radical (unpaired) electrons. The van der Waals surface area contributed by atoms with Gasteiger partial charge in [-0.25, -0.2) is 0 Å². The van der Waals surface area contributed by atoms with Gasteiger partial charge in [0, 0.05) is 35.3 Å². The highest BCUT2D eigenvalue weighted by Gasteiger charge is 2.25. The Kier molecular flexibility index (Phi) is 3.20. The molecule has 0 aromatic carbocycles. The van der Waals surface area contributed by atoms with Crippen LogP contribution >= 0.6 is 15.9 Å². The number of pyridine rings is 2. The maximum atomic E-state index is 12.3. The molecular formula is C13H12BrN3O2. The summed E-state index contributed by atoms with van der Waals surface area (Å²) in [6, 6.07) is 1.81. The summed E-state index contributed by atoms with van der Waals surface area (Å²) in [5.41, 5.74) is 1.28. The van der Waals surface area contributed by atoms with Crippen molar-refractivity contribution >= 4 is 32.7 Å². The number of aliphatic hydroxyl groups excluding tert-OH is 1. The zero-order chi connectivity index (χ0) is 13.4. The zero-order valence-corrected chi connectivity index (χ0v) is 11.7. The van der Waals surface area contributed by atoms with Crippen molar-refractivity contribution in [1.29, 1.82) is 0 Å². The summed E-state index contributed by atoms with van der Waals surface area (Å²) in [4.78, 5) is 22.2. The van der Waals surface area contributed by atoms with E-state index in [-0.39, 0.29) is 5.91 Å². The minimum Gasteiger partial charge on any atom is -0.391 e. The molecule has 1 fully saturated rings. The summed E-state index contributed by atoms with van der Waals surface area (Å²) in [5.74, 6) is -0.0883. The molecule has 1 atom stereocenters. The standard InChI is InChI=1S/C13H12BrN3O2/c14-11-5-15-6-12-10(11)3-8(4-16-12)13(19)17-2-1-9(18)7-17/h3-6,9,18H,1-2,7H2. The quantitative estimate of drug-likeness (QED) is 0.866. The van der Waals surface area contributed by atoms with Gasteiger partial charge >= 0.3 is 0 Å². The van der Waals surface area contributed by atoms with E-state index in [1.54, 1.807) is 29.6 Å². The van der Waals surface area contributed by atoms with E-state index in [0.29, 0.717) is 25.1 Å². The second kappa shape index (κ2) is 4.86. The first-order chi connectivity index (χ1) is 9.15. The summed E-state index contributed by atoms with van der Waals surface area (Å²) in [5, 5.41) is 10.3. The van der Waals surface area contributed by atoms with Crippen LogP contribution in [0.15, 0.2) is 29.1 Å². The molecule has 3 heterocycles. The molecule has 1 saturated heterocycles. The van der Waals surface area contributed by atoms with Gasteiger partial charge in [0.1, 0.15) is 0 Å². The van der Waals surface area contributed by atoms with Gasteiger partial charge in [-0.15, -0.1) is 0 Å². The Morgan fingerprint density at radius 3 is 3.00 bits per heavy atom. The number of carbonyl (C=O) groups excluding carboxylic acids is 1. The highest BCUT2D eigenvalue weighted by molar-refractivity contribution is 9.10. The lowest BCUT2D eigenvalue weighted by Crippen LogP contribution is -2.29. The summed E-state index contributed by atoms with van der Waals surface area (Å²) in [6.07, 6.45) is 5.13. The number of hydrogen-bond donors (Lipinski definition) is 1. The van der Waals surface area contributed by atoms with Crippen LogP contribution in [-0.2, 0) is 0 Å². The first-order valence-electron chi connectivity index (χ1n) is 6.02. The number of fused-ring (bicyclic) bond motifs is 1. The minimum atomic E-state index is -0.409. The molecular weight excluding hydrogens is 310 g/mol. The third-order valence-electron chi connectivity index (χ3n) is 3.26. The van der Waals surface area contributed by atoms with Crippen molar-refractivity contribution in [3.63, 3.8) is 0 Å². The lowest BCUT2D eigenvalue weighted by molar-refractivity contribution is 0.0765. The number of aliphatic hydroxyl groups is 1. The first kappa shape index (κ1) is 12.5. The Morgan fingerprint density at radius 1 is 1.42 bits per heavy atom. The van der Waals surface area contributed by atoms with Gasteiger partial charge in [0.05, 0.1) is 23.4 Å². The number of carbonyl (C=O) groups is 1. The van der Waals surface area contributed by atoms with Crippen molar-refractivity contribution in [2.24, 2.45) is 0 Å². The van der Waals surface area contributed by atoms with E-state index in [0.717, 1.165) is 15.4 Å². The van der Waals surface area contributed by atoms with Crippen LogP contribution in [0.25, 0.3) is 10.9 Å². The van der Waals surface area contributed by atoms with Crippen LogP contribution in [0.1, 0.15) is 16.8 Å². The second-order valence-corrected chi connectivity index (χ2v) is 5.46. The molecule has 0 spiro atoms. The van der Waals surface area contributed by atoms with Crippen LogP contribution < -0.4 is 0 Å². The topological polar surface area (TPSA) is 66.3 Å². The number of amides is 1. The predicted octanol–water partition coefficient (Wildman–Crippen LogP) is 1.60. The fourth-order valence-corrected chi connectivity index (χ4v) is 2.67. The van der Waals surface area contributed by atoms with Crippen LogP contribution in [0, 0.1) is 0 Å². The predicted molar refractivity (Wildman–Crippen MR) is 73.8 cm³/mol. The van der Waals surface area contributed by atoms with Crippen molar-refractivity contribution in [1.82, 2.24) is 14.9 Å². The number of aromatic nitrogens is 2. The van der Waals surface area contributed by atoms with Crippen molar-refractivity contribution in [2.75, 3.05) is 13.1 Å². The molecule has 6 heteroatoms. The van der Waals surface area contributed by atoms with Crippen LogP contribution in [0.2, 0.25) is 0 Å². The average molecular weight is 322 g/mol. The van der Waals surface area contributed by atoms with Crippen molar-refractivity contribution < 1.29 is 9.90 Å². The molecule has 1 N–H and O–H groups in total. The van der Waals surface area contributed by atoms with Gasteiger partial charge in [-0.1, -0.05) is 0 Å². The lowest BCUT2D eigenvalue weighted by Gasteiger charge is -2.15. The molecule has 98 valence electrons. The Balaban J connectivity index is 1.97. The van der Waals surface area contributed by atoms with E-state index >= 15 is 0 Å². The summed E-state index contributed by atoms with van der Waals surface area (Å²) in [7, 11) is 0. The molecule has 2 aromatic rings. The van der Waals surface area contributed by atoms with Crippen LogP contribution in [0.4, 0.5) is 0 Å². The normalized spacial score (nSPS) is 19.1. The molecule has 5 nitrogen and oxygen atoms in total. The highest BCUT2D eigenvalue weighted by atomic mass is 79.9. The van der Waals surface area contributed by atoms with E-state index in [2.05, 4.69) is 25.9 Å². The molecule has 3 rings (SSSR count). The van der Waals surface area contributed by atoms with E-state index in [4.69, 9.17) is 0 Å².